The minimum Gasteiger partial charge on any atom is -0.350 e. The van der Waals surface area contributed by atoms with Gasteiger partial charge in [-0.2, -0.15) is 0 Å². The van der Waals surface area contributed by atoms with Gasteiger partial charge in [0.25, 0.3) is 5.91 Å². The number of fused-ring (bicyclic) bond motifs is 1. The maximum absolute atomic E-state index is 13.9. The predicted octanol–water partition coefficient (Wildman–Crippen LogP) is 4.04. The number of aromatic amines is 1. The third-order valence-corrected chi connectivity index (χ3v) is 4.58. The second-order valence-corrected chi connectivity index (χ2v) is 6.07. The number of hydrogen-bond acceptors (Lipinski definition) is 2. The molecule has 0 aliphatic rings. The number of aromatic nitrogens is 1. The van der Waals surface area contributed by atoms with E-state index in [0.717, 1.165) is 0 Å². The lowest BCUT2D eigenvalue weighted by molar-refractivity contribution is 0.0933. The van der Waals surface area contributed by atoms with Crippen LogP contribution >= 0.6 is 23.2 Å². The lowest BCUT2D eigenvalue weighted by Crippen LogP contribution is -2.34. The van der Waals surface area contributed by atoms with E-state index < -0.39 is 17.8 Å². The molecule has 0 bridgehead atoms. The molecule has 1 atom stereocenters. The van der Waals surface area contributed by atoms with E-state index in [9.17, 15) is 9.18 Å². The molecule has 0 saturated heterocycles. The molecule has 1 aromatic heterocycles. The van der Waals surface area contributed by atoms with Gasteiger partial charge in [-0.05, 0) is 24.3 Å². The van der Waals surface area contributed by atoms with E-state index in [1.165, 1.54) is 6.07 Å². The molecule has 0 aliphatic carbocycles. The van der Waals surface area contributed by atoms with Crippen molar-refractivity contribution in [2.45, 2.75) is 6.04 Å². The fourth-order valence-corrected chi connectivity index (χ4v) is 2.91. The predicted molar refractivity (Wildman–Crippen MR) is 94.0 cm³/mol. The fraction of sp³-hybridized carbons (Fsp3) is 0.118. The Morgan fingerprint density at radius 3 is 2.71 bits per heavy atom. The molecule has 7 heteroatoms. The van der Waals surface area contributed by atoms with Gasteiger partial charge in [0.1, 0.15) is 11.5 Å². The van der Waals surface area contributed by atoms with Crippen LogP contribution in [0.2, 0.25) is 10.0 Å². The van der Waals surface area contributed by atoms with Crippen LogP contribution in [0.4, 0.5) is 4.39 Å². The van der Waals surface area contributed by atoms with Gasteiger partial charge in [-0.25, -0.2) is 4.39 Å². The van der Waals surface area contributed by atoms with E-state index >= 15 is 0 Å². The molecule has 0 saturated carbocycles. The zero-order chi connectivity index (χ0) is 17.3. The number of carbonyl (C=O) groups excluding carboxylic acids is 1. The van der Waals surface area contributed by atoms with Crippen LogP contribution in [0.3, 0.4) is 0 Å². The van der Waals surface area contributed by atoms with Gasteiger partial charge in [0, 0.05) is 23.0 Å². The summed E-state index contributed by atoms with van der Waals surface area (Å²) in [7, 11) is 0. The van der Waals surface area contributed by atoms with Crippen molar-refractivity contribution in [1.82, 2.24) is 10.3 Å². The molecular weight excluding hydrogens is 352 g/mol. The number of rotatable bonds is 4. The van der Waals surface area contributed by atoms with Gasteiger partial charge in [0.15, 0.2) is 0 Å². The molecule has 3 rings (SSSR count). The van der Waals surface area contributed by atoms with Crippen LogP contribution in [0.1, 0.15) is 22.1 Å². The SMILES string of the molecule is NCC(NC(=O)c1cc2c(Cl)c(Cl)ccc2[nH]1)c1ccccc1F. The Bertz CT molecular complexity index is 910. The molecule has 1 heterocycles. The Labute approximate surface area is 147 Å². The quantitative estimate of drug-likeness (QED) is 0.652. The summed E-state index contributed by atoms with van der Waals surface area (Å²) in [4.78, 5) is 15.4. The first-order valence-electron chi connectivity index (χ1n) is 7.23. The number of halogens is 3. The van der Waals surface area contributed by atoms with Gasteiger partial charge in [-0.1, -0.05) is 41.4 Å². The second-order valence-electron chi connectivity index (χ2n) is 5.29. The second kappa shape index (κ2) is 6.81. The van der Waals surface area contributed by atoms with Gasteiger partial charge in [-0.3, -0.25) is 4.79 Å². The van der Waals surface area contributed by atoms with E-state index in [4.69, 9.17) is 28.9 Å². The zero-order valence-corrected chi connectivity index (χ0v) is 14.0. The molecule has 124 valence electrons. The molecule has 0 fully saturated rings. The van der Waals surface area contributed by atoms with Crippen molar-refractivity contribution < 1.29 is 9.18 Å². The van der Waals surface area contributed by atoms with Crippen LogP contribution in [-0.2, 0) is 0 Å². The Morgan fingerprint density at radius 2 is 2.00 bits per heavy atom. The van der Waals surface area contributed by atoms with Gasteiger partial charge >= 0.3 is 0 Å². The number of hydrogen-bond donors (Lipinski definition) is 3. The largest absolute Gasteiger partial charge is 0.350 e. The van der Waals surface area contributed by atoms with Crippen molar-refractivity contribution in [2.75, 3.05) is 6.54 Å². The summed E-state index contributed by atoms with van der Waals surface area (Å²) in [5.74, 6) is -0.822. The fourth-order valence-electron chi connectivity index (χ4n) is 2.52. The van der Waals surface area contributed by atoms with Crippen LogP contribution in [0.5, 0.6) is 0 Å². The highest BCUT2D eigenvalue weighted by Gasteiger charge is 2.19. The topological polar surface area (TPSA) is 70.9 Å². The van der Waals surface area contributed by atoms with Crippen LogP contribution < -0.4 is 11.1 Å². The Hall–Kier alpha value is -2.08. The van der Waals surface area contributed by atoms with E-state index in [1.54, 1.807) is 36.4 Å². The van der Waals surface area contributed by atoms with E-state index in [0.29, 0.717) is 32.2 Å². The highest BCUT2D eigenvalue weighted by molar-refractivity contribution is 6.45. The average Bonchev–Trinajstić information content (AvgIpc) is 3.02. The van der Waals surface area contributed by atoms with Crippen LogP contribution in [-0.4, -0.2) is 17.4 Å². The third kappa shape index (κ3) is 3.11. The average molecular weight is 366 g/mol. The van der Waals surface area contributed by atoms with E-state index in [2.05, 4.69) is 10.3 Å². The summed E-state index contributed by atoms with van der Waals surface area (Å²) in [6.45, 7) is 0.0689. The number of amides is 1. The third-order valence-electron chi connectivity index (χ3n) is 3.76. The first kappa shape index (κ1) is 16.8. The molecule has 24 heavy (non-hydrogen) atoms. The molecule has 0 aliphatic heterocycles. The van der Waals surface area contributed by atoms with Crippen molar-refractivity contribution in [3.63, 3.8) is 0 Å². The Balaban J connectivity index is 1.89. The number of nitrogens with two attached hydrogens (primary N) is 1. The summed E-state index contributed by atoms with van der Waals surface area (Å²) in [5.41, 5.74) is 7.01. The van der Waals surface area contributed by atoms with Crippen molar-refractivity contribution in [3.8, 4) is 0 Å². The molecule has 4 N–H and O–H groups in total. The normalized spacial score (nSPS) is 12.3. The molecule has 4 nitrogen and oxygen atoms in total. The van der Waals surface area contributed by atoms with Gasteiger partial charge < -0.3 is 16.0 Å². The van der Waals surface area contributed by atoms with Crippen LogP contribution in [0.15, 0.2) is 42.5 Å². The molecule has 1 unspecified atom stereocenters. The van der Waals surface area contributed by atoms with Crippen LogP contribution in [0.25, 0.3) is 10.9 Å². The minimum atomic E-state index is -0.635. The number of benzene rings is 2. The summed E-state index contributed by atoms with van der Waals surface area (Å²) in [6.07, 6.45) is 0. The number of carbonyl (C=O) groups is 1. The smallest absolute Gasteiger partial charge is 0.268 e. The zero-order valence-electron chi connectivity index (χ0n) is 12.4. The first-order valence-corrected chi connectivity index (χ1v) is 7.99. The minimum absolute atomic E-state index is 0.0689. The van der Waals surface area contributed by atoms with Crippen molar-refractivity contribution in [2.24, 2.45) is 5.73 Å². The molecule has 2 aromatic carbocycles. The number of nitrogens with one attached hydrogen (secondary N) is 2. The Kier molecular flexibility index (Phi) is 4.76. The van der Waals surface area contributed by atoms with Crippen molar-refractivity contribution in [1.29, 1.82) is 0 Å². The highest BCUT2D eigenvalue weighted by atomic mass is 35.5. The van der Waals surface area contributed by atoms with Gasteiger partial charge in [0.2, 0.25) is 0 Å². The summed E-state index contributed by atoms with van der Waals surface area (Å²) >= 11 is 12.1. The van der Waals surface area contributed by atoms with E-state index in [1.807, 2.05) is 0 Å². The Morgan fingerprint density at radius 1 is 1.25 bits per heavy atom. The maximum Gasteiger partial charge on any atom is 0.268 e. The molecule has 0 spiro atoms. The molecule has 0 radical (unpaired) electrons. The van der Waals surface area contributed by atoms with Gasteiger partial charge in [0.05, 0.1) is 16.1 Å². The standard InChI is InChI=1S/C17H14Cl2FN3O/c18-11-5-6-13-10(16(11)19)7-14(22-13)17(24)23-15(8-21)9-3-1-2-4-12(9)20/h1-7,15,22H,8,21H2,(H,23,24). The molecule has 1 amide bonds. The number of H-pyrrole nitrogens is 1. The lowest BCUT2D eigenvalue weighted by atomic mass is 10.1. The van der Waals surface area contributed by atoms with E-state index in [-0.39, 0.29) is 6.54 Å². The molecule has 3 aromatic rings. The maximum atomic E-state index is 13.9. The van der Waals surface area contributed by atoms with Crippen molar-refractivity contribution >= 4 is 40.0 Å². The van der Waals surface area contributed by atoms with Crippen LogP contribution in [0, 0.1) is 5.82 Å². The summed E-state index contributed by atoms with van der Waals surface area (Å²) in [5, 5.41) is 4.14. The first-order chi connectivity index (χ1) is 11.5. The summed E-state index contributed by atoms with van der Waals surface area (Å²) < 4.78 is 13.9. The van der Waals surface area contributed by atoms with Crippen molar-refractivity contribution in [3.05, 3.63) is 69.6 Å². The lowest BCUT2D eigenvalue weighted by Gasteiger charge is -2.17. The highest BCUT2D eigenvalue weighted by Crippen LogP contribution is 2.31. The summed E-state index contributed by atoms with van der Waals surface area (Å²) in [6, 6.07) is 10.5. The monoisotopic (exact) mass is 365 g/mol. The molecular formula is C17H14Cl2FN3O. The van der Waals surface area contributed by atoms with Gasteiger partial charge in [-0.15, -0.1) is 0 Å².